The highest BCUT2D eigenvalue weighted by molar-refractivity contribution is 6.30. The zero-order valence-corrected chi connectivity index (χ0v) is 20.4. The Hall–Kier alpha value is -2.34. The van der Waals surface area contributed by atoms with Crippen molar-refractivity contribution in [3.8, 4) is 5.69 Å². The quantitative estimate of drug-likeness (QED) is 0.588. The van der Waals surface area contributed by atoms with Crippen molar-refractivity contribution in [2.24, 2.45) is 5.92 Å². The van der Waals surface area contributed by atoms with Crippen LogP contribution in [0.2, 0.25) is 5.02 Å². The van der Waals surface area contributed by atoms with Crippen LogP contribution in [-0.2, 0) is 15.0 Å². The highest BCUT2D eigenvalue weighted by Crippen LogP contribution is 2.28. The number of nitrogens with zero attached hydrogens (tertiary/aromatic N) is 3. The van der Waals surface area contributed by atoms with Crippen LogP contribution in [0.25, 0.3) is 5.69 Å². The lowest BCUT2D eigenvalue weighted by atomic mass is 9.88. The van der Waals surface area contributed by atoms with Crippen LogP contribution in [0, 0.1) is 5.92 Å². The van der Waals surface area contributed by atoms with E-state index in [0.29, 0.717) is 17.4 Å². The number of nitrogens with one attached hydrogen (secondary N) is 1. The van der Waals surface area contributed by atoms with Crippen LogP contribution >= 0.6 is 11.6 Å². The van der Waals surface area contributed by atoms with E-state index in [-0.39, 0.29) is 29.7 Å². The molecule has 1 saturated carbocycles. The van der Waals surface area contributed by atoms with Gasteiger partial charge in [0.2, 0.25) is 11.8 Å². The molecule has 0 radical (unpaired) electrons. The van der Waals surface area contributed by atoms with Gasteiger partial charge in [-0.2, -0.15) is 5.10 Å². The second-order valence-corrected chi connectivity index (χ2v) is 10.1. The minimum absolute atomic E-state index is 0.0511. The molecule has 2 amide bonds. The molecule has 1 heterocycles. The fourth-order valence-corrected chi connectivity index (χ4v) is 4.24. The van der Waals surface area contributed by atoms with Gasteiger partial charge in [-0.3, -0.25) is 9.59 Å². The highest BCUT2D eigenvalue weighted by Gasteiger charge is 2.27. The number of rotatable bonds is 7. The van der Waals surface area contributed by atoms with Crippen molar-refractivity contribution >= 4 is 29.2 Å². The molecule has 6 nitrogen and oxygen atoms in total. The van der Waals surface area contributed by atoms with E-state index in [1.807, 2.05) is 25.1 Å². The molecule has 1 aromatic heterocycles. The van der Waals surface area contributed by atoms with Crippen molar-refractivity contribution in [2.75, 3.05) is 18.4 Å². The molecule has 1 N–H and O–H groups in total. The SMILES string of the molecule is CCCN(CC(=O)Nc1cc(C(C)(C)C)nn1-c1ccc(Cl)cc1)C(=O)C1CCCCC1. The Kier molecular flexibility index (Phi) is 7.99. The van der Waals surface area contributed by atoms with Crippen LogP contribution in [-0.4, -0.2) is 39.6 Å². The first-order chi connectivity index (χ1) is 15.2. The molecular weight excluding hydrogens is 424 g/mol. The van der Waals surface area contributed by atoms with Crippen LogP contribution in [0.3, 0.4) is 0 Å². The van der Waals surface area contributed by atoms with Gasteiger partial charge in [0.05, 0.1) is 17.9 Å². The maximum Gasteiger partial charge on any atom is 0.245 e. The number of aromatic nitrogens is 2. The summed E-state index contributed by atoms with van der Waals surface area (Å²) in [5, 5.41) is 8.37. The molecule has 0 saturated heterocycles. The van der Waals surface area contributed by atoms with E-state index in [9.17, 15) is 9.59 Å². The van der Waals surface area contributed by atoms with Crippen LogP contribution < -0.4 is 5.32 Å². The number of anilines is 1. The first-order valence-corrected chi connectivity index (χ1v) is 12.0. The third-order valence-corrected chi connectivity index (χ3v) is 6.16. The zero-order valence-electron chi connectivity index (χ0n) is 19.7. The molecule has 0 aliphatic heterocycles. The summed E-state index contributed by atoms with van der Waals surface area (Å²) in [5.41, 5.74) is 1.50. The third-order valence-electron chi connectivity index (χ3n) is 5.91. The average Bonchev–Trinajstić information content (AvgIpc) is 3.18. The Bertz CT molecular complexity index is 924. The molecule has 1 aromatic carbocycles. The predicted octanol–water partition coefficient (Wildman–Crippen LogP) is 5.58. The first-order valence-electron chi connectivity index (χ1n) is 11.6. The Morgan fingerprint density at radius 3 is 2.41 bits per heavy atom. The lowest BCUT2D eigenvalue weighted by molar-refractivity contribution is -0.139. The number of halogens is 1. The zero-order chi connectivity index (χ0) is 23.3. The predicted molar refractivity (Wildman–Crippen MR) is 129 cm³/mol. The van der Waals surface area contributed by atoms with Crippen molar-refractivity contribution in [2.45, 2.75) is 71.6 Å². The van der Waals surface area contributed by atoms with Gasteiger partial charge in [-0.05, 0) is 43.5 Å². The Labute approximate surface area is 196 Å². The minimum Gasteiger partial charge on any atom is -0.333 e. The van der Waals surface area contributed by atoms with Crippen molar-refractivity contribution < 1.29 is 9.59 Å². The molecule has 1 aliphatic rings. The second-order valence-electron chi connectivity index (χ2n) is 9.70. The molecule has 0 bridgehead atoms. The van der Waals surface area contributed by atoms with Gasteiger partial charge in [-0.25, -0.2) is 4.68 Å². The summed E-state index contributed by atoms with van der Waals surface area (Å²) in [5.74, 6) is 0.542. The van der Waals surface area contributed by atoms with Gasteiger partial charge in [-0.15, -0.1) is 0 Å². The Balaban J connectivity index is 1.79. The summed E-state index contributed by atoms with van der Waals surface area (Å²) < 4.78 is 1.72. The lowest BCUT2D eigenvalue weighted by Crippen LogP contribution is -2.42. The van der Waals surface area contributed by atoms with Gasteiger partial charge in [0, 0.05) is 29.0 Å². The standard InChI is InChI=1S/C25H35ClN4O2/c1-5-15-29(24(32)18-9-7-6-8-10-18)17-23(31)27-22-16-21(25(2,3)4)28-30(22)20-13-11-19(26)12-14-20/h11-14,16,18H,5-10,15,17H2,1-4H3,(H,27,31). The van der Waals surface area contributed by atoms with Gasteiger partial charge in [-0.1, -0.05) is 58.6 Å². The molecule has 3 rings (SSSR count). The molecule has 0 atom stereocenters. The average molecular weight is 459 g/mol. The van der Waals surface area contributed by atoms with E-state index < -0.39 is 0 Å². The van der Waals surface area contributed by atoms with Crippen LogP contribution in [0.4, 0.5) is 5.82 Å². The summed E-state index contributed by atoms with van der Waals surface area (Å²) in [6, 6.07) is 9.24. The van der Waals surface area contributed by atoms with E-state index in [1.54, 1.807) is 21.7 Å². The van der Waals surface area contributed by atoms with E-state index >= 15 is 0 Å². The fourth-order valence-electron chi connectivity index (χ4n) is 4.12. The van der Waals surface area contributed by atoms with Crippen molar-refractivity contribution in [3.63, 3.8) is 0 Å². The number of carbonyl (C=O) groups excluding carboxylic acids is 2. The monoisotopic (exact) mass is 458 g/mol. The fraction of sp³-hybridized carbons (Fsp3) is 0.560. The smallest absolute Gasteiger partial charge is 0.245 e. The van der Waals surface area contributed by atoms with Crippen LogP contribution in [0.5, 0.6) is 0 Å². The number of benzene rings is 1. The van der Waals surface area contributed by atoms with Crippen molar-refractivity contribution in [1.82, 2.24) is 14.7 Å². The molecule has 0 unspecified atom stereocenters. The summed E-state index contributed by atoms with van der Waals surface area (Å²) in [6.45, 7) is 8.92. The summed E-state index contributed by atoms with van der Waals surface area (Å²) in [4.78, 5) is 27.8. The first kappa shape index (κ1) is 24.3. The van der Waals surface area contributed by atoms with E-state index in [2.05, 4.69) is 26.1 Å². The molecule has 7 heteroatoms. The second kappa shape index (κ2) is 10.5. The topological polar surface area (TPSA) is 67.2 Å². The van der Waals surface area contributed by atoms with Crippen LogP contribution in [0.15, 0.2) is 30.3 Å². The van der Waals surface area contributed by atoms with E-state index in [0.717, 1.165) is 43.5 Å². The largest absolute Gasteiger partial charge is 0.333 e. The molecular formula is C25H35ClN4O2. The third kappa shape index (κ3) is 6.12. The Morgan fingerprint density at radius 2 is 1.81 bits per heavy atom. The maximum absolute atomic E-state index is 13.0. The summed E-state index contributed by atoms with van der Waals surface area (Å²) in [7, 11) is 0. The molecule has 0 spiro atoms. The van der Waals surface area contributed by atoms with Gasteiger partial charge in [0.1, 0.15) is 5.82 Å². The van der Waals surface area contributed by atoms with Crippen LogP contribution in [0.1, 0.15) is 71.9 Å². The van der Waals surface area contributed by atoms with Crippen molar-refractivity contribution in [3.05, 3.63) is 41.0 Å². The normalized spacial score (nSPS) is 14.9. The molecule has 1 aliphatic carbocycles. The van der Waals surface area contributed by atoms with Gasteiger partial charge in [0.25, 0.3) is 0 Å². The molecule has 2 aromatic rings. The minimum atomic E-state index is -0.210. The number of hydrogen-bond donors (Lipinski definition) is 1. The summed E-state index contributed by atoms with van der Waals surface area (Å²) >= 11 is 6.04. The Morgan fingerprint density at radius 1 is 1.16 bits per heavy atom. The molecule has 32 heavy (non-hydrogen) atoms. The van der Waals surface area contributed by atoms with E-state index in [4.69, 9.17) is 16.7 Å². The van der Waals surface area contributed by atoms with Gasteiger partial charge < -0.3 is 10.2 Å². The molecule has 1 fully saturated rings. The highest BCUT2D eigenvalue weighted by atomic mass is 35.5. The number of amides is 2. The molecule has 174 valence electrons. The maximum atomic E-state index is 13.0. The van der Waals surface area contributed by atoms with Gasteiger partial charge >= 0.3 is 0 Å². The number of hydrogen-bond acceptors (Lipinski definition) is 3. The van der Waals surface area contributed by atoms with Gasteiger partial charge in [0.15, 0.2) is 0 Å². The summed E-state index contributed by atoms with van der Waals surface area (Å²) in [6.07, 6.45) is 6.07. The van der Waals surface area contributed by atoms with Crippen molar-refractivity contribution in [1.29, 1.82) is 0 Å². The van der Waals surface area contributed by atoms with E-state index in [1.165, 1.54) is 6.42 Å². The number of carbonyl (C=O) groups is 2. The lowest BCUT2D eigenvalue weighted by Gasteiger charge is -2.28.